The van der Waals surface area contributed by atoms with Gasteiger partial charge in [-0.3, -0.25) is 9.69 Å². The van der Waals surface area contributed by atoms with Crippen LogP contribution in [0, 0.1) is 0 Å². The van der Waals surface area contributed by atoms with E-state index >= 15 is 0 Å². The zero-order chi connectivity index (χ0) is 24.5. The van der Waals surface area contributed by atoms with Gasteiger partial charge in [-0.15, -0.1) is 0 Å². The number of carbonyl (C=O) groups excluding carboxylic acids is 1. The van der Waals surface area contributed by atoms with Crippen LogP contribution in [0.3, 0.4) is 0 Å². The lowest BCUT2D eigenvalue weighted by molar-refractivity contribution is -0.104. The predicted molar refractivity (Wildman–Crippen MR) is 139 cm³/mol. The Bertz CT molecular complexity index is 973. The third kappa shape index (κ3) is 7.26. The number of hydrogen-bond donors (Lipinski definition) is 0. The molecule has 1 aromatic heterocycles. The Labute approximate surface area is 209 Å². The first-order chi connectivity index (χ1) is 17.1. The molecular weight excluding hydrogens is 440 g/mol. The third-order valence-electron chi connectivity index (χ3n) is 6.63. The van der Waals surface area contributed by atoms with Crippen molar-refractivity contribution < 1.29 is 9.53 Å². The van der Waals surface area contributed by atoms with Crippen molar-refractivity contribution in [1.82, 2.24) is 24.7 Å². The number of piperazine rings is 1. The zero-order valence-corrected chi connectivity index (χ0v) is 21.1. The number of aromatic nitrogens is 2. The van der Waals surface area contributed by atoms with Gasteiger partial charge >= 0.3 is 6.01 Å². The fourth-order valence-electron chi connectivity index (χ4n) is 4.68. The highest BCUT2D eigenvalue weighted by Gasteiger charge is 2.27. The van der Waals surface area contributed by atoms with Crippen LogP contribution >= 0.6 is 0 Å². The first kappa shape index (κ1) is 25.1. The average Bonchev–Trinajstić information content (AvgIpc) is 2.89. The van der Waals surface area contributed by atoms with E-state index in [4.69, 9.17) is 14.7 Å². The Kier molecular flexibility index (Phi) is 9.08. The molecule has 35 heavy (non-hydrogen) atoms. The molecule has 1 fully saturated rings. The Morgan fingerprint density at radius 1 is 1.06 bits per heavy atom. The number of nitrogens with zero attached hydrogens (tertiary/aromatic N) is 6. The molecule has 0 aliphatic carbocycles. The number of rotatable bonds is 11. The molecule has 0 N–H and O–H groups in total. The van der Waals surface area contributed by atoms with Gasteiger partial charge in [0.15, 0.2) is 0 Å². The fourth-order valence-corrected chi connectivity index (χ4v) is 4.68. The molecule has 1 saturated heterocycles. The number of aldehydes is 1. The summed E-state index contributed by atoms with van der Waals surface area (Å²) in [5.74, 6) is 1.03. The lowest BCUT2D eigenvalue weighted by atomic mass is 10.0. The summed E-state index contributed by atoms with van der Waals surface area (Å²) in [5, 5.41) is 0. The highest BCUT2D eigenvalue weighted by atomic mass is 16.5. The van der Waals surface area contributed by atoms with E-state index in [1.54, 1.807) is 6.08 Å². The molecule has 188 valence electrons. The first-order valence-electron chi connectivity index (χ1n) is 12.7. The molecule has 0 bridgehead atoms. The second-order valence-corrected chi connectivity index (χ2v) is 9.52. The SMILES string of the molecule is CN(C)CCCOc1nc2c(c(N3CCN(C=CC=O)CC3)n1)CCN(CCc1ccccc1)C2. The number of fused-ring (bicyclic) bond motifs is 1. The van der Waals surface area contributed by atoms with Gasteiger partial charge in [0.2, 0.25) is 0 Å². The Hall–Kier alpha value is -2.97. The standard InChI is InChI=1S/C27H38N6O2/c1-30(2)12-7-21-35-27-28-25-22-32(14-10-23-8-4-3-5-9-23)15-11-24(25)26(29-27)33-18-16-31(17-19-33)13-6-20-34/h3-6,8-9,13,20H,7,10-12,14-19,21-22H2,1-2H3. The van der Waals surface area contributed by atoms with Crippen molar-refractivity contribution in [1.29, 1.82) is 0 Å². The van der Waals surface area contributed by atoms with Gasteiger partial charge in [0.05, 0.1) is 12.3 Å². The van der Waals surface area contributed by atoms with Crippen molar-refractivity contribution >= 4 is 12.1 Å². The molecule has 2 aliphatic heterocycles. The van der Waals surface area contributed by atoms with Crippen molar-refractivity contribution in [2.24, 2.45) is 0 Å². The summed E-state index contributed by atoms with van der Waals surface area (Å²) < 4.78 is 6.04. The summed E-state index contributed by atoms with van der Waals surface area (Å²) >= 11 is 0. The van der Waals surface area contributed by atoms with E-state index in [1.165, 1.54) is 11.1 Å². The molecule has 0 amide bonds. The number of anilines is 1. The van der Waals surface area contributed by atoms with Crippen molar-refractivity contribution in [3.8, 4) is 6.01 Å². The lowest BCUT2D eigenvalue weighted by Crippen LogP contribution is -2.45. The van der Waals surface area contributed by atoms with Crippen LogP contribution in [0.2, 0.25) is 0 Å². The van der Waals surface area contributed by atoms with Gasteiger partial charge < -0.3 is 19.4 Å². The number of allylic oxidation sites excluding steroid dienone is 1. The number of carbonyl (C=O) groups is 1. The van der Waals surface area contributed by atoms with Crippen LogP contribution in [-0.4, -0.2) is 97.5 Å². The maximum absolute atomic E-state index is 10.7. The minimum Gasteiger partial charge on any atom is -0.463 e. The van der Waals surface area contributed by atoms with Crippen molar-refractivity contribution in [3.05, 3.63) is 59.4 Å². The van der Waals surface area contributed by atoms with Gasteiger partial charge in [-0.2, -0.15) is 9.97 Å². The van der Waals surface area contributed by atoms with Crippen LogP contribution in [-0.2, 0) is 24.2 Å². The monoisotopic (exact) mass is 478 g/mol. The van der Waals surface area contributed by atoms with E-state index in [9.17, 15) is 4.79 Å². The summed E-state index contributed by atoms with van der Waals surface area (Å²) in [6.45, 7) is 7.91. The third-order valence-corrected chi connectivity index (χ3v) is 6.63. The van der Waals surface area contributed by atoms with E-state index in [-0.39, 0.29) is 0 Å². The van der Waals surface area contributed by atoms with Gasteiger partial charge in [0, 0.05) is 64.1 Å². The Morgan fingerprint density at radius 3 is 2.60 bits per heavy atom. The molecule has 0 atom stereocenters. The summed E-state index contributed by atoms with van der Waals surface area (Å²) in [6.07, 6.45) is 7.20. The molecule has 0 saturated carbocycles. The largest absolute Gasteiger partial charge is 0.463 e. The van der Waals surface area contributed by atoms with Gasteiger partial charge in [0.25, 0.3) is 0 Å². The maximum Gasteiger partial charge on any atom is 0.318 e. The topological polar surface area (TPSA) is 65.0 Å². The van der Waals surface area contributed by atoms with E-state index in [0.717, 1.165) is 89.4 Å². The van der Waals surface area contributed by atoms with Crippen LogP contribution in [0.15, 0.2) is 42.6 Å². The van der Waals surface area contributed by atoms with Crippen LogP contribution in [0.4, 0.5) is 5.82 Å². The Morgan fingerprint density at radius 2 is 1.86 bits per heavy atom. The minimum atomic E-state index is 0.491. The Balaban J connectivity index is 1.47. The normalized spacial score (nSPS) is 16.7. The second-order valence-electron chi connectivity index (χ2n) is 9.52. The molecule has 3 heterocycles. The van der Waals surface area contributed by atoms with Gasteiger partial charge in [-0.1, -0.05) is 30.3 Å². The van der Waals surface area contributed by atoms with E-state index < -0.39 is 0 Å². The molecule has 2 aliphatic rings. The summed E-state index contributed by atoms with van der Waals surface area (Å²) in [6, 6.07) is 11.2. The molecule has 0 spiro atoms. The molecule has 2 aromatic rings. The quantitative estimate of drug-likeness (QED) is 0.277. The average molecular weight is 479 g/mol. The zero-order valence-electron chi connectivity index (χ0n) is 21.1. The van der Waals surface area contributed by atoms with E-state index in [1.807, 2.05) is 6.20 Å². The molecule has 0 unspecified atom stereocenters. The number of benzene rings is 1. The first-order valence-corrected chi connectivity index (χ1v) is 12.7. The molecular formula is C27H38N6O2. The second kappa shape index (κ2) is 12.7. The van der Waals surface area contributed by atoms with Crippen molar-refractivity contribution in [2.45, 2.75) is 25.8 Å². The van der Waals surface area contributed by atoms with Crippen LogP contribution in [0.25, 0.3) is 0 Å². The highest BCUT2D eigenvalue weighted by molar-refractivity contribution is 5.64. The van der Waals surface area contributed by atoms with Gasteiger partial charge in [0.1, 0.15) is 12.1 Å². The summed E-state index contributed by atoms with van der Waals surface area (Å²) in [4.78, 5) is 29.6. The summed E-state index contributed by atoms with van der Waals surface area (Å²) in [7, 11) is 4.14. The van der Waals surface area contributed by atoms with E-state index in [0.29, 0.717) is 12.6 Å². The molecule has 1 aromatic carbocycles. The van der Waals surface area contributed by atoms with E-state index in [2.05, 4.69) is 64.0 Å². The molecule has 8 nitrogen and oxygen atoms in total. The highest BCUT2D eigenvalue weighted by Crippen LogP contribution is 2.29. The molecule has 8 heteroatoms. The minimum absolute atomic E-state index is 0.491. The van der Waals surface area contributed by atoms with Crippen molar-refractivity contribution in [2.75, 3.05) is 71.4 Å². The smallest absolute Gasteiger partial charge is 0.318 e. The van der Waals surface area contributed by atoms with Crippen LogP contribution < -0.4 is 9.64 Å². The number of hydrogen-bond acceptors (Lipinski definition) is 8. The van der Waals surface area contributed by atoms with Gasteiger partial charge in [-0.25, -0.2) is 0 Å². The summed E-state index contributed by atoms with van der Waals surface area (Å²) in [5.41, 5.74) is 3.73. The van der Waals surface area contributed by atoms with Crippen LogP contribution in [0.1, 0.15) is 23.2 Å². The molecule has 4 rings (SSSR count). The fraction of sp³-hybridized carbons (Fsp3) is 0.519. The van der Waals surface area contributed by atoms with Crippen molar-refractivity contribution in [3.63, 3.8) is 0 Å². The number of ether oxygens (including phenoxy) is 1. The van der Waals surface area contributed by atoms with Crippen LogP contribution in [0.5, 0.6) is 6.01 Å². The molecule has 0 radical (unpaired) electrons. The lowest BCUT2D eigenvalue weighted by Gasteiger charge is -2.37. The van der Waals surface area contributed by atoms with Gasteiger partial charge in [-0.05, 0) is 45.0 Å². The maximum atomic E-state index is 10.7. The predicted octanol–water partition coefficient (Wildman–Crippen LogP) is 2.24.